The van der Waals surface area contributed by atoms with E-state index in [0.29, 0.717) is 17.0 Å². The Bertz CT molecular complexity index is 2510. The molecule has 0 amide bonds. The maximum atomic E-state index is 13.6. The molecule has 2 fully saturated rings. The van der Waals surface area contributed by atoms with Crippen LogP contribution in [0.15, 0.2) is 98.5 Å². The molecule has 64 heavy (non-hydrogen) atoms. The molecule has 8 unspecified atom stereocenters. The third-order valence-corrected chi connectivity index (χ3v) is 12.0. The quantitative estimate of drug-likeness (QED) is 0.0509. The number of carboxylic acid groups (broad SMARTS) is 1. The van der Waals surface area contributed by atoms with E-state index in [4.69, 9.17) is 23.5 Å². The van der Waals surface area contributed by atoms with Gasteiger partial charge in [0.15, 0.2) is 23.6 Å². The monoisotopic (exact) mass is 881 g/mol. The van der Waals surface area contributed by atoms with Crippen molar-refractivity contribution >= 4 is 34.8 Å². The number of nitrogens with zero attached hydrogens (tertiary/aromatic N) is 2. The fourth-order valence-corrected chi connectivity index (χ4v) is 8.90. The maximum absolute atomic E-state index is 13.6. The number of hydroxylamine groups is 2. The highest BCUT2D eigenvalue weighted by molar-refractivity contribution is 5.95. The summed E-state index contributed by atoms with van der Waals surface area (Å²) in [6, 6.07) is 15.1. The van der Waals surface area contributed by atoms with Crippen molar-refractivity contribution in [3.8, 4) is 22.6 Å². The van der Waals surface area contributed by atoms with Gasteiger partial charge in [0.2, 0.25) is 12.6 Å². The van der Waals surface area contributed by atoms with Crippen LogP contribution in [0, 0.1) is 19.8 Å². The number of phenolic OH excluding ortho intramolecular Hbond substituents is 1. The molecular weight excluding hydrogens is 831 g/mol. The first-order valence-corrected chi connectivity index (χ1v) is 21.3. The van der Waals surface area contributed by atoms with E-state index >= 15 is 0 Å². The first kappa shape index (κ1) is 44.7. The third kappa shape index (κ3) is 9.32. The van der Waals surface area contributed by atoms with Crippen LogP contribution in [0.2, 0.25) is 0 Å². The number of ether oxygens (including phenoxy) is 3. The van der Waals surface area contributed by atoms with Crippen molar-refractivity contribution in [3.05, 3.63) is 111 Å². The second-order valence-electron chi connectivity index (χ2n) is 16.7. The molecule has 1 aromatic heterocycles. The molecule has 0 spiro atoms. The molecule has 1 saturated heterocycles. The molecule has 0 bridgehead atoms. The van der Waals surface area contributed by atoms with Gasteiger partial charge in [-0.15, -0.1) is 0 Å². The second kappa shape index (κ2) is 19.0. The lowest BCUT2D eigenvalue weighted by molar-refractivity contribution is -0.344. The van der Waals surface area contributed by atoms with Crippen LogP contribution < -0.4 is 15.5 Å². The fourth-order valence-electron chi connectivity index (χ4n) is 8.90. The first-order valence-electron chi connectivity index (χ1n) is 21.3. The number of benzene rings is 3. The molecule has 4 aromatic rings. The van der Waals surface area contributed by atoms with Crippen LogP contribution in [0.1, 0.15) is 55.2 Å². The average Bonchev–Trinajstić information content (AvgIpc) is 3.85. The Morgan fingerprint density at radius 2 is 1.70 bits per heavy atom. The van der Waals surface area contributed by atoms with E-state index in [1.54, 1.807) is 18.3 Å². The SMILES string of the molecule is Cc1cc(C)cc(C2=C3N=CC=C3CN2OC2C(Oc3ccc4c(=O)c(-c5ccc(O)cc5)coc4c3)OC(C(O)OC(=O)C(C(=O)O)C(CCO)NC3CCCCC3)C(O)C2O)c1. The number of carbonyl (C=O) groups excluding carboxylic acids is 1. The fraction of sp³-hybridized carbons (Fsp3) is 0.404. The number of aromatic hydroxyl groups is 1. The Labute approximate surface area is 367 Å². The number of nitrogens with one attached hydrogen (secondary N) is 1. The van der Waals surface area contributed by atoms with Crippen molar-refractivity contribution in [2.45, 2.75) is 101 Å². The zero-order valence-corrected chi connectivity index (χ0v) is 35.2. The number of allylic oxidation sites excluding steroid dienone is 1. The summed E-state index contributed by atoms with van der Waals surface area (Å²) in [4.78, 5) is 50.8. The van der Waals surface area contributed by atoms with Crippen LogP contribution in [0.25, 0.3) is 27.8 Å². The molecule has 338 valence electrons. The average molecular weight is 882 g/mol. The minimum absolute atomic E-state index is 0.0307. The lowest BCUT2D eigenvalue weighted by Gasteiger charge is -2.44. The zero-order chi connectivity index (χ0) is 45.2. The normalized spacial score (nSPS) is 23.8. The Hall–Kier alpha value is -5.92. The number of aliphatic imine (C=N–C) groups is 1. The molecule has 3 aromatic carbocycles. The summed E-state index contributed by atoms with van der Waals surface area (Å²) < 4.78 is 23.6. The molecule has 4 heterocycles. The van der Waals surface area contributed by atoms with Crippen molar-refractivity contribution in [3.63, 3.8) is 0 Å². The van der Waals surface area contributed by atoms with Gasteiger partial charge in [-0.2, -0.15) is 0 Å². The van der Waals surface area contributed by atoms with Crippen molar-refractivity contribution < 1.29 is 63.7 Å². The smallest absolute Gasteiger partial charge is 0.324 e. The maximum Gasteiger partial charge on any atom is 0.324 e. The van der Waals surface area contributed by atoms with Crippen LogP contribution in [-0.2, 0) is 23.9 Å². The number of hydrogen-bond donors (Lipinski definition) is 7. The van der Waals surface area contributed by atoms with E-state index in [-0.39, 0.29) is 52.5 Å². The number of carboxylic acids is 1. The number of esters is 1. The largest absolute Gasteiger partial charge is 0.508 e. The van der Waals surface area contributed by atoms with Gasteiger partial charge in [0, 0.05) is 42.1 Å². The summed E-state index contributed by atoms with van der Waals surface area (Å²) in [5.74, 6) is -4.70. The Kier molecular flexibility index (Phi) is 13.3. The second-order valence-corrected chi connectivity index (χ2v) is 16.7. The van der Waals surface area contributed by atoms with Crippen molar-refractivity contribution in [2.24, 2.45) is 10.9 Å². The third-order valence-electron chi connectivity index (χ3n) is 12.0. The number of aliphatic carboxylic acids is 1. The van der Waals surface area contributed by atoms with Crippen LogP contribution in [0.4, 0.5) is 0 Å². The molecule has 8 atom stereocenters. The van der Waals surface area contributed by atoms with Gasteiger partial charge in [0.25, 0.3) is 0 Å². The predicted octanol–water partition coefficient (Wildman–Crippen LogP) is 3.84. The number of aliphatic hydroxyl groups is 4. The summed E-state index contributed by atoms with van der Waals surface area (Å²) >= 11 is 0. The highest BCUT2D eigenvalue weighted by atomic mass is 16.8. The molecule has 1 saturated carbocycles. The summed E-state index contributed by atoms with van der Waals surface area (Å²) in [7, 11) is 0. The Morgan fingerprint density at radius 3 is 2.41 bits per heavy atom. The van der Waals surface area contributed by atoms with Gasteiger partial charge in [-0.3, -0.25) is 24.2 Å². The number of carbonyl (C=O) groups is 2. The van der Waals surface area contributed by atoms with E-state index in [2.05, 4.69) is 10.3 Å². The number of aryl methyl sites for hydroxylation is 2. The summed E-state index contributed by atoms with van der Waals surface area (Å²) in [5.41, 5.74) is 5.25. The minimum atomic E-state index is -2.33. The molecule has 8 rings (SSSR count). The van der Waals surface area contributed by atoms with Crippen molar-refractivity contribution in [1.82, 2.24) is 10.4 Å². The standard InChI is InChI=1S/C47H51N3O14/c1-24-18-25(2)20-28(19-24)38-37-27(14-16-48-37)22-50(38)64-43-41(55)40(54)42(46(59)63-45(58)36(44(56)57)34(15-17-51)49-29-6-4-3-5-7-29)62-47(43)61-31-12-13-32-35(21-31)60-23-33(39(32)53)26-8-10-30(52)11-9-26/h8-14,16,18-21,23,29,34,36,40-43,46-47,49,51-52,54-55,59H,3-7,15,17,22H2,1-2H3,(H,56,57). The topological polar surface area (TPSA) is 250 Å². The number of rotatable bonds is 15. The number of fused-ring (bicyclic) bond motifs is 2. The number of aliphatic hydroxyl groups excluding tert-OH is 4. The highest BCUT2D eigenvalue weighted by Gasteiger charge is 2.52. The van der Waals surface area contributed by atoms with E-state index in [1.165, 1.54) is 41.7 Å². The number of phenols is 1. The van der Waals surface area contributed by atoms with Gasteiger partial charge >= 0.3 is 11.9 Å². The van der Waals surface area contributed by atoms with E-state index in [1.807, 2.05) is 38.1 Å². The van der Waals surface area contributed by atoms with Gasteiger partial charge in [-0.25, -0.2) is 5.06 Å². The predicted molar refractivity (Wildman–Crippen MR) is 231 cm³/mol. The van der Waals surface area contributed by atoms with Gasteiger partial charge in [-0.05, 0) is 81.1 Å². The van der Waals surface area contributed by atoms with Crippen molar-refractivity contribution in [1.29, 1.82) is 0 Å². The highest BCUT2D eigenvalue weighted by Crippen LogP contribution is 2.40. The molecule has 4 aliphatic rings. The molecule has 3 aliphatic heterocycles. The minimum Gasteiger partial charge on any atom is -0.508 e. The molecule has 17 heteroatoms. The van der Waals surface area contributed by atoms with E-state index < -0.39 is 67.5 Å². The lowest BCUT2D eigenvalue weighted by atomic mass is 9.91. The molecule has 7 N–H and O–H groups in total. The van der Waals surface area contributed by atoms with Crippen molar-refractivity contribution in [2.75, 3.05) is 13.2 Å². The van der Waals surface area contributed by atoms with Gasteiger partial charge in [0.05, 0.1) is 28.9 Å². The molecule has 0 radical (unpaired) electrons. The summed E-state index contributed by atoms with van der Waals surface area (Å²) in [5, 5.41) is 69.5. The van der Waals surface area contributed by atoms with Crippen LogP contribution >= 0.6 is 0 Å². The van der Waals surface area contributed by atoms with Gasteiger partial charge in [0.1, 0.15) is 35.6 Å². The summed E-state index contributed by atoms with van der Waals surface area (Å²) in [6.45, 7) is 3.65. The van der Waals surface area contributed by atoms with Gasteiger partial charge < -0.3 is 54.6 Å². The zero-order valence-electron chi connectivity index (χ0n) is 35.2. The van der Waals surface area contributed by atoms with Crippen LogP contribution in [0.5, 0.6) is 11.5 Å². The van der Waals surface area contributed by atoms with Crippen LogP contribution in [0.3, 0.4) is 0 Å². The molecular formula is C47H51N3O14. The summed E-state index contributed by atoms with van der Waals surface area (Å²) in [6.07, 6.45) is -2.29. The molecule has 1 aliphatic carbocycles. The lowest BCUT2D eigenvalue weighted by Crippen LogP contribution is -2.64. The number of hydrogen-bond acceptors (Lipinski definition) is 16. The van der Waals surface area contributed by atoms with E-state index in [9.17, 15) is 45.0 Å². The Balaban J connectivity index is 1.09. The Morgan fingerprint density at radius 1 is 0.969 bits per heavy atom. The van der Waals surface area contributed by atoms with Gasteiger partial charge in [-0.1, -0.05) is 48.6 Å². The van der Waals surface area contributed by atoms with Crippen LogP contribution in [-0.4, -0.2) is 116 Å². The molecule has 17 nitrogen and oxygen atoms in total. The van der Waals surface area contributed by atoms with E-state index in [0.717, 1.165) is 54.4 Å². The first-order chi connectivity index (χ1) is 30.8.